The monoisotopic (exact) mass is 299 g/mol. The fourth-order valence-electron chi connectivity index (χ4n) is 2.74. The van der Waals surface area contributed by atoms with E-state index >= 15 is 0 Å². The Morgan fingerprint density at radius 3 is 2.67 bits per heavy atom. The quantitative estimate of drug-likeness (QED) is 0.635. The van der Waals surface area contributed by atoms with Crippen molar-refractivity contribution in [2.24, 2.45) is 10.7 Å². The van der Waals surface area contributed by atoms with Gasteiger partial charge < -0.3 is 10.6 Å². The molecule has 0 amide bonds. The summed E-state index contributed by atoms with van der Waals surface area (Å²) in [4.78, 5) is 6.65. The predicted octanol–water partition coefficient (Wildman–Crippen LogP) is 4.13. The topological polar surface area (TPSA) is 41.6 Å². The number of hydrogen-bond donors (Lipinski definition) is 1. The fraction of sp³-hybridized carbons (Fsp3) is 0.235. The number of aryl methyl sites for hydroxylation is 1. The molecule has 0 radical (unpaired) electrons. The highest BCUT2D eigenvalue weighted by molar-refractivity contribution is 6.30. The van der Waals surface area contributed by atoms with E-state index in [1.54, 1.807) is 0 Å². The lowest BCUT2D eigenvalue weighted by molar-refractivity contribution is 0.626. The molecule has 0 aliphatic carbocycles. The van der Waals surface area contributed by atoms with Crippen LogP contribution in [0.4, 0.5) is 11.4 Å². The molecule has 0 bridgehead atoms. The highest BCUT2D eigenvalue weighted by Crippen LogP contribution is 2.30. The Morgan fingerprint density at radius 1 is 1.19 bits per heavy atom. The van der Waals surface area contributed by atoms with Gasteiger partial charge in [0.15, 0.2) is 0 Å². The van der Waals surface area contributed by atoms with Gasteiger partial charge in [-0.3, -0.25) is 0 Å². The Kier molecular flexibility index (Phi) is 3.84. The van der Waals surface area contributed by atoms with Crippen molar-refractivity contribution in [1.29, 1.82) is 0 Å². The van der Waals surface area contributed by atoms with Gasteiger partial charge in [0.05, 0.1) is 5.69 Å². The number of rotatable bonds is 1. The molecule has 4 heteroatoms. The molecular weight excluding hydrogens is 282 g/mol. The average molecular weight is 300 g/mol. The number of benzene rings is 2. The number of hydrogen-bond acceptors (Lipinski definition) is 1. The Morgan fingerprint density at radius 2 is 1.90 bits per heavy atom. The van der Waals surface area contributed by atoms with Crippen LogP contribution in [0.1, 0.15) is 18.9 Å². The lowest BCUT2D eigenvalue weighted by Crippen LogP contribution is -2.46. The van der Waals surface area contributed by atoms with Gasteiger partial charge in [-0.2, -0.15) is 0 Å². The molecule has 0 spiro atoms. The van der Waals surface area contributed by atoms with Gasteiger partial charge in [-0.25, -0.2) is 4.99 Å². The van der Waals surface area contributed by atoms with Crippen molar-refractivity contribution >= 4 is 28.9 Å². The SMILES string of the molecule is CC1CCc2ccccc2N1C(N)=Nc1ccc(Cl)cc1. The molecule has 1 heterocycles. The van der Waals surface area contributed by atoms with Gasteiger partial charge in [-0.05, 0) is 55.7 Å². The van der Waals surface area contributed by atoms with E-state index in [-0.39, 0.29) is 0 Å². The van der Waals surface area contributed by atoms with E-state index in [2.05, 4.69) is 35.0 Å². The minimum Gasteiger partial charge on any atom is -0.369 e. The highest BCUT2D eigenvalue weighted by Gasteiger charge is 2.25. The van der Waals surface area contributed by atoms with Crippen LogP contribution >= 0.6 is 11.6 Å². The zero-order valence-corrected chi connectivity index (χ0v) is 12.7. The van der Waals surface area contributed by atoms with Crippen LogP contribution in [-0.2, 0) is 6.42 Å². The van der Waals surface area contributed by atoms with Crippen LogP contribution in [0.3, 0.4) is 0 Å². The van der Waals surface area contributed by atoms with Crippen LogP contribution in [0.15, 0.2) is 53.5 Å². The summed E-state index contributed by atoms with van der Waals surface area (Å²) >= 11 is 5.90. The van der Waals surface area contributed by atoms with E-state index in [4.69, 9.17) is 17.3 Å². The van der Waals surface area contributed by atoms with Gasteiger partial charge in [-0.15, -0.1) is 0 Å². The molecule has 0 saturated heterocycles. The minimum absolute atomic E-state index is 0.343. The molecule has 0 aromatic heterocycles. The standard InChI is InChI=1S/C17H18ClN3/c1-12-6-7-13-4-2-3-5-16(13)21(12)17(19)20-15-10-8-14(18)9-11-15/h2-5,8-12H,6-7H2,1H3,(H2,19,20). The Labute approximate surface area is 130 Å². The molecule has 0 fully saturated rings. The van der Waals surface area contributed by atoms with Crippen LogP contribution < -0.4 is 10.6 Å². The van der Waals surface area contributed by atoms with Crippen molar-refractivity contribution in [3.05, 3.63) is 59.1 Å². The summed E-state index contributed by atoms with van der Waals surface area (Å²) in [7, 11) is 0. The van der Waals surface area contributed by atoms with Crippen LogP contribution in [0.5, 0.6) is 0 Å². The zero-order chi connectivity index (χ0) is 14.8. The number of halogens is 1. The minimum atomic E-state index is 0.343. The lowest BCUT2D eigenvalue weighted by atomic mass is 9.97. The van der Waals surface area contributed by atoms with Crippen molar-refractivity contribution in [3.8, 4) is 0 Å². The summed E-state index contributed by atoms with van der Waals surface area (Å²) in [6.45, 7) is 2.18. The smallest absolute Gasteiger partial charge is 0.201 e. The first kappa shape index (κ1) is 14.0. The second-order valence-corrected chi connectivity index (χ2v) is 5.77. The van der Waals surface area contributed by atoms with E-state index in [1.807, 2.05) is 30.3 Å². The summed E-state index contributed by atoms with van der Waals surface area (Å²) in [6, 6.07) is 16.1. The van der Waals surface area contributed by atoms with Crippen molar-refractivity contribution in [1.82, 2.24) is 0 Å². The van der Waals surface area contributed by atoms with E-state index in [0.717, 1.165) is 24.2 Å². The first-order valence-corrected chi connectivity index (χ1v) is 7.50. The number of fused-ring (bicyclic) bond motifs is 1. The first-order chi connectivity index (χ1) is 10.1. The van der Waals surface area contributed by atoms with Gasteiger partial charge in [-0.1, -0.05) is 29.8 Å². The van der Waals surface area contributed by atoms with Crippen LogP contribution in [-0.4, -0.2) is 12.0 Å². The van der Waals surface area contributed by atoms with Gasteiger partial charge >= 0.3 is 0 Å². The maximum Gasteiger partial charge on any atom is 0.201 e. The first-order valence-electron chi connectivity index (χ1n) is 7.12. The predicted molar refractivity (Wildman–Crippen MR) is 89.4 cm³/mol. The molecular formula is C17H18ClN3. The number of para-hydroxylation sites is 1. The van der Waals surface area contributed by atoms with E-state index in [0.29, 0.717) is 17.0 Å². The molecule has 21 heavy (non-hydrogen) atoms. The normalized spacial score (nSPS) is 18.5. The summed E-state index contributed by atoms with van der Waals surface area (Å²) in [5, 5.41) is 0.698. The third-order valence-corrected chi connectivity index (χ3v) is 4.09. The molecule has 1 atom stereocenters. The summed E-state index contributed by atoms with van der Waals surface area (Å²) in [5.41, 5.74) is 9.56. The van der Waals surface area contributed by atoms with Gasteiger partial charge in [0.1, 0.15) is 0 Å². The maximum absolute atomic E-state index is 6.27. The van der Waals surface area contributed by atoms with Gasteiger partial charge in [0.25, 0.3) is 0 Å². The van der Waals surface area contributed by atoms with Crippen LogP contribution in [0.25, 0.3) is 0 Å². The van der Waals surface area contributed by atoms with Gasteiger partial charge in [0, 0.05) is 16.8 Å². The molecule has 1 aliphatic heterocycles. The summed E-state index contributed by atoms with van der Waals surface area (Å²) in [5.74, 6) is 0.525. The molecule has 1 unspecified atom stereocenters. The van der Waals surface area contributed by atoms with Crippen molar-refractivity contribution in [2.45, 2.75) is 25.8 Å². The molecule has 3 rings (SSSR count). The molecule has 2 aromatic rings. The Balaban J connectivity index is 1.96. The number of nitrogens with two attached hydrogens (primary N) is 1. The van der Waals surface area contributed by atoms with Crippen molar-refractivity contribution < 1.29 is 0 Å². The Bertz CT molecular complexity index is 664. The molecule has 1 aliphatic rings. The molecule has 108 valence electrons. The number of anilines is 1. The van der Waals surface area contributed by atoms with Crippen LogP contribution in [0, 0.1) is 0 Å². The Hall–Kier alpha value is -2.00. The number of guanidine groups is 1. The number of aliphatic imine (C=N–C) groups is 1. The third-order valence-electron chi connectivity index (χ3n) is 3.84. The molecule has 2 aromatic carbocycles. The maximum atomic E-state index is 6.27. The van der Waals surface area contributed by atoms with E-state index in [9.17, 15) is 0 Å². The van der Waals surface area contributed by atoms with Crippen molar-refractivity contribution in [3.63, 3.8) is 0 Å². The second kappa shape index (κ2) is 5.78. The molecule has 2 N–H and O–H groups in total. The lowest BCUT2D eigenvalue weighted by Gasteiger charge is -2.36. The summed E-state index contributed by atoms with van der Waals surface area (Å²) < 4.78 is 0. The third kappa shape index (κ3) is 2.88. The van der Waals surface area contributed by atoms with E-state index < -0.39 is 0 Å². The second-order valence-electron chi connectivity index (χ2n) is 5.33. The molecule has 3 nitrogen and oxygen atoms in total. The average Bonchev–Trinajstić information content (AvgIpc) is 2.49. The van der Waals surface area contributed by atoms with E-state index in [1.165, 1.54) is 5.56 Å². The fourth-order valence-corrected chi connectivity index (χ4v) is 2.87. The largest absolute Gasteiger partial charge is 0.369 e. The zero-order valence-electron chi connectivity index (χ0n) is 12.0. The number of nitrogens with zero attached hydrogens (tertiary/aromatic N) is 2. The van der Waals surface area contributed by atoms with Crippen LogP contribution in [0.2, 0.25) is 5.02 Å². The highest BCUT2D eigenvalue weighted by atomic mass is 35.5. The molecule has 0 saturated carbocycles. The summed E-state index contributed by atoms with van der Waals surface area (Å²) in [6.07, 6.45) is 2.16. The van der Waals surface area contributed by atoms with Gasteiger partial charge in [0.2, 0.25) is 5.96 Å². The van der Waals surface area contributed by atoms with Crippen molar-refractivity contribution in [2.75, 3.05) is 4.90 Å².